The molecule has 98 valence electrons. The average Bonchev–Trinajstić information content (AvgIpc) is 3.08. The predicted molar refractivity (Wildman–Crippen MR) is 69.0 cm³/mol. The molecule has 0 spiro atoms. The maximum absolute atomic E-state index is 12.1. The zero-order chi connectivity index (χ0) is 13.7. The van der Waals surface area contributed by atoms with Crippen LogP contribution in [0.4, 0.5) is 0 Å². The standard InChI is InChI=1S/C11H8N8O/c1-5-3-2-4-6-7(5)12-11(20)19-10(6)13-8(16-19)9-14-17-18-15-9/h2-4H,1H3,(H,12,20)(H,14,15,17,18). The molecule has 1 aromatic carbocycles. The number of aromatic amines is 2. The van der Waals surface area contributed by atoms with Crippen LogP contribution in [0.25, 0.3) is 28.2 Å². The van der Waals surface area contributed by atoms with Crippen LogP contribution in [0.5, 0.6) is 0 Å². The molecule has 4 aromatic rings. The molecule has 0 radical (unpaired) electrons. The molecule has 0 aliphatic carbocycles. The van der Waals surface area contributed by atoms with Crippen LogP contribution in [-0.2, 0) is 0 Å². The van der Waals surface area contributed by atoms with Gasteiger partial charge >= 0.3 is 5.69 Å². The monoisotopic (exact) mass is 268 g/mol. The highest BCUT2D eigenvalue weighted by Crippen LogP contribution is 2.19. The van der Waals surface area contributed by atoms with Gasteiger partial charge in [-0.25, -0.2) is 14.9 Å². The van der Waals surface area contributed by atoms with E-state index in [9.17, 15) is 4.79 Å². The minimum Gasteiger partial charge on any atom is -0.305 e. The number of para-hydroxylation sites is 1. The Bertz CT molecular complexity index is 981. The van der Waals surface area contributed by atoms with Crippen LogP contribution in [0.15, 0.2) is 23.0 Å². The molecule has 0 amide bonds. The lowest BCUT2D eigenvalue weighted by atomic mass is 10.1. The third-order valence-corrected chi connectivity index (χ3v) is 3.10. The zero-order valence-corrected chi connectivity index (χ0v) is 10.3. The van der Waals surface area contributed by atoms with Gasteiger partial charge in [0.05, 0.1) is 5.52 Å². The number of fused-ring (bicyclic) bond motifs is 3. The Morgan fingerprint density at radius 2 is 2.20 bits per heavy atom. The maximum atomic E-state index is 12.1. The van der Waals surface area contributed by atoms with E-state index in [2.05, 4.69) is 35.7 Å². The fraction of sp³-hybridized carbons (Fsp3) is 0.0909. The number of aryl methyl sites for hydroxylation is 1. The van der Waals surface area contributed by atoms with Crippen molar-refractivity contribution in [1.82, 2.24) is 40.2 Å². The number of H-pyrrole nitrogens is 2. The van der Waals surface area contributed by atoms with E-state index in [1.807, 2.05) is 25.1 Å². The molecule has 3 aromatic heterocycles. The summed E-state index contributed by atoms with van der Waals surface area (Å²) in [5.41, 5.74) is 1.83. The lowest BCUT2D eigenvalue weighted by molar-refractivity contribution is 0.880. The van der Waals surface area contributed by atoms with E-state index in [0.717, 1.165) is 16.5 Å². The van der Waals surface area contributed by atoms with Crippen LogP contribution in [-0.4, -0.2) is 40.2 Å². The molecule has 0 bridgehead atoms. The van der Waals surface area contributed by atoms with Crippen molar-refractivity contribution in [2.24, 2.45) is 0 Å². The Morgan fingerprint density at radius 1 is 1.30 bits per heavy atom. The maximum Gasteiger partial charge on any atom is 0.348 e. The van der Waals surface area contributed by atoms with Gasteiger partial charge in [-0.05, 0) is 29.0 Å². The fourth-order valence-corrected chi connectivity index (χ4v) is 2.16. The number of hydrogen-bond acceptors (Lipinski definition) is 6. The molecule has 0 fully saturated rings. The molecule has 0 atom stereocenters. The second kappa shape index (κ2) is 3.70. The number of hydrogen-bond donors (Lipinski definition) is 2. The van der Waals surface area contributed by atoms with Crippen LogP contribution >= 0.6 is 0 Å². The summed E-state index contributed by atoms with van der Waals surface area (Å²) < 4.78 is 1.21. The summed E-state index contributed by atoms with van der Waals surface area (Å²) >= 11 is 0. The molecule has 0 aliphatic heterocycles. The van der Waals surface area contributed by atoms with E-state index in [4.69, 9.17) is 0 Å². The second-order valence-electron chi connectivity index (χ2n) is 4.35. The highest BCUT2D eigenvalue weighted by atomic mass is 16.1. The SMILES string of the molecule is Cc1cccc2c1[nH]c(=O)n1nc(-c3nnn[nH]3)nc21. The van der Waals surface area contributed by atoms with E-state index in [-0.39, 0.29) is 11.5 Å². The first-order valence-corrected chi connectivity index (χ1v) is 5.86. The van der Waals surface area contributed by atoms with Crippen LogP contribution < -0.4 is 5.69 Å². The van der Waals surface area contributed by atoms with Crippen molar-refractivity contribution in [2.45, 2.75) is 6.92 Å². The molecular weight excluding hydrogens is 260 g/mol. The van der Waals surface area contributed by atoms with E-state index < -0.39 is 0 Å². The van der Waals surface area contributed by atoms with Gasteiger partial charge in [-0.2, -0.15) is 4.52 Å². The van der Waals surface area contributed by atoms with Gasteiger partial charge in [-0.3, -0.25) is 0 Å². The minimum atomic E-state index is -0.354. The molecule has 0 unspecified atom stereocenters. The van der Waals surface area contributed by atoms with Crippen LogP contribution in [0.2, 0.25) is 0 Å². The normalized spacial score (nSPS) is 11.4. The van der Waals surface area contributed by atoms with E-state index >= 15 is 0 Å². The topological polar surface area (TPSA) is 118 Å². The van der Waals surface area contributed by atoms with Crippen molar-refractivity contribution in [3.05, 3.63) is 34.2 Å². The van der Waals surface area contributed by atoms with Crippen molar-refractivity contribution in [3.8, 4) is 11.6 Å². The summed E-state index contributed by atoms with van der Waals surface area (Å²) in [4.78, 5) is 19.2. The van der Waals surface area contributed by atoms with Crippen LogP contribution in [0, 0.1) is 6.92 Å². The number of tetrazole rings is 1. The first-order chi connectivity index (χ1) is 9.74. The van der Waals surface area contributed by atoms with Gasteiger partial charge < -0.3 is 4.98 Å². The molecule has 4 rings (SSSR count). The quantitative estimate of drug-likeness (QED) is 0.504. The van der Waals surface area contributed by atoms with Crippen molar-refractivity contribution in [1.29, 1.82) is 0 Å². The number of nitrogens with zero attached hydrogens (tertiary/aromatic N) is 6. The van der Waals surface area contributed by atoms with Gasteiger partial charge in [0.25, 0.3) is 0 Å². The van der Waals surface area contributed by atoms with Crippen molar-refractivity contribution >= 4 is 16.6 Å². The van der Waals surface area contributed by atoms with Gasteiger partial charge in [0.15, 0.2) is 5.65 Å². The van der Waals surface area contributed by atoms with Crippen molar-refractivity contribution in [2.75, 3.05) is 0 Å². The smallest absolute Gasteiger partial charge is 0.305 e. The van der Waals surface area contributed by atoms with Gasteiger partial charge in [-0.15, -0.1) is 10.2 Å². The first-order valence-electron chi connectivity index (χ1n) is 5.86. The van der Waals surface area contributed by atoms with E-state index in [0.29, 0.717) is 11.5 Å². The molecular formula is C11H8N8O. The first kappa shape index (κ1) is 10.8. The Hall–Kier alpha value is -3.10. The summed E-state index contributed by atoms with van der Waals surface area (Å²) in [5, 5.41) is 18.2. The minimum absolute atomic E-state index is 0.273. The number of benzene rings is 1. The Labute approximate surface area is 110 Å². The van der Waals surface area contributed by atoms with Gasteiger partial charge in [-0.1, -0.05) is 12.1 Å². The molecule has 20 heavy (non-hydrogen) atoms. The number of rotatable bonds is 1. The average molecular weight is 268 g/mol. The van der Waals surface area contributed by atoms with Crippen LogP contribution in [0.3, 0.4) is 0 Å². The Kier molecular flexibility index (Phi) is 1.99. The summed E-state index contributed by atoms with van der Waals surface area (Å²) in [6.07, 6.45) is 0. The number of aromatic nitrogens is 8. The fourth-order valence-electron chi connectivity index (χ4n) is 2.16. The summed E-state index contributed by atoms with van der Waals surface area (Å²) in [7, 11) is 0. The molecule has 3 heterocycles. The number of nitrogens with one attached hydrogen (secondary N) is 2. The van der Waals surface area contributed by atoms with Gasteiger partial charge in [0.2, 0.25) is 11.6 Å². The lowest BCUT2D eigenvalue weighted by Gasteiger charge is -2.01. The molecule has 9 heteroatoms. The molecule has 0 saturated carbocycles. The Balaban J connectivity index is 2.16. The van der Waals surface area contributed by atoms with Gasteiger partial charge in [0.1, 0.15) is 0 Å². The van der Waals surface area contributed by atoms with Crippen molar-refractivity contribution in [3.63, 3.8) is 0 Å². The highest BCUT2D eigenvalue weighted by Gasteiger charge is 2.14. The summed E-state index contributed by atoms with van der Waals surface area (Å²) in [5.74, 6) is 0.586. The second-order valence-corrected chi connectivity index (χ2v) is 4.35. The molecule has 0 aliphatic rings. The van der Waals surface area contributed by atoms with E-state index in [1.54, 1.807) is 0 Å². The highest BCUT2D eigenvalue weighted by molar-refractivity contribution is 5.93. The largest absolute Gasteiger partial charge is 0.348 e. The van der Waals surface area contributed by atoms with Gasteiger partial charge in [0, 0.05) is 5.39 Å². The molecule has 9 nitrogen and oxygen atoms in total. The third-order valence-electron chi connectivity index (χ3n) is 3.10. The van der Waals surface area contributed by atoms with E-state index in [1.165, 1.54) is 4.52 Å². The molecule has 0 saturated heterocycles. The van der Waals surface area contributed by atoms with Crippen molar-refractivity contribution < 1.29 is 0 Å². The third kappa shape index (κ3) is 1.37. The predicted octanol–water partition coefficient (Wildman–Crippen LogP) is 0.0593. The lowest BCUT2D eigenvalue weighted by Crippen LogP contribution is -2.17. The molecule has 2 N–H and O–H groups in total. The zero-order valence-electron chi connectivity index (χ0n) is 10.3. The van der Waals surface area contributed by atoms with Crippen LogP contribution in [0.1, 0.15) is 5.56 Å². The summed E-state index contributed by atoms with van der Waals surface area (Å²) in [6.45, 7) is 1.92. The summed E-state index contributed by atoms with van der Waals surface area (Å²) in [6, 6.07) is 5.71. The Morgan fingerprint density at radius 3 is 3.00 bits per heavy atom.